The lowest BCUT2D eigenvalue weighted by Gasteiger charge is -2.29. The van der Waals surface area contributed by atoms with Crippen LogP contribution in [-0.2, 0) is 9.59 Å². The Morgan fingerprint density at radius 1 is 1.25 bits per heavy atom. The zero-order valence-electron chi connectivity index (χ0n) is 12.1. The minimum Gasteiger partial charge on any atom is -0.481 e. The first kappa shape index (κ1) is 16.0. The molecule has 0 saturated heterocycles. The smallest absolute Gasteiger partial charge is 0.329 e. The van der Waals surface area contributed by atoms with Gasteiger partial charge in [-0.1, -0.05) is 32.0 Å². The van der Waals surface area contributed by atoms with E-state index in [4.69, 9.17) is 4.74 Å². The first-order valence-electron chi connectivity index (χ1n) is 6.72. The number of para-hydroxylation sites is 1. The normalized spacial score (nSPS) is 12.6. The summed E-state index contributed by atoms with van der Waals surface area (Å²) < 4.78 is 5.49. The molecule has 0 radical (unpaired) electrons. The fraction of sp³-hybridized carbons (Fsp3) is 0.467. The molecule has 1 amide bonds. The van der Waals surface area contributed by atoms with Crippen LogP contribution < -0.4 is 10.1 Å². The number of carboxylic acids is 1. The molecule has 1 unspecified atom stereocenters. The fourth-order valence-corrected chi connectivity index (χ4v) is 1.88. The van der Waals surface area contributed by atoms with Crippen molar-refractivity contribution in [1.82, 2.24) is 5.32 Å². The highest BCUT2D eigenvalue weighted by atomic mass is 16.5. The third kappa shape index (κ3) is 3.73. The van der Waals surface area contributed by atoms with Crippen molar-refractivity contribution in [1.29, 1.82) is 0 Å². The summed E-state index contributed by atoms with van der Waals surface area (Å²) in [6, 6.07) is 8.95. The average Bonchev–Trinajstić information content (AvgIpc) is 2.45. The van der Waals surface area contributed by atoms with Gasteiger partial charge in [0.15, 0.2) is 6.10 Å². The Morgan fingerprint density at radius 2 is 1.80 bits per heavy atom. The largest absolute Gasteiger partial charge is 0.481 e. The second kappa shape index (κ2) is 6.93. The zero-order valence-corrected chi connectivity index (χ0v) is 12.1. The molecule has 5 heteroatoms. The molecule has 0 bridgehead atoms. The van der Waals surface area contributed by atoms with Crippen LogP contribution >= 0.6 is 0 Å². The molecule has 0 aliphatic rings. The predicted molar refractivity (Wildman–Crippen MR) is 75.6 cm³/mol. The Hall–Kier alpha value is -2.04. The van der Waals surface area contributed by atoms with E-state index in [2.05, 4.69) is 5.32 Å². The van der Waals surface area contributed by atoms with Gasteiger partial charge in [-0.3, -0.25) is 4.79 Å². The van der Waals surface area contributed by atoms with Crippen molar-refractivity contribution in [2.45, 2.75) is 45.3 Å². The summed E-state index contributed by atoms with van der Waals surface area (Å²) >= 11 is 0. The Kier molecular flexibility index (Phi) is 5.55. The van der Waals surface area contributed by atoms with Gasteiger partial charge in [0.1, 0.15) is 11.3 Å². The number of benzene rings is 1. The van der Waals surface area contributed by atoms with Crippen molar-refractivity contribution < 1.29 is 19.4 Å². The van der Waals surface area contributed by atoms with Crippen LogP contribution in [0, 0.1) is 0 Å². The van der Waals surface area contributed by atoms with Crippen LogP contribution in [0.3, 0.4) is 0 Å². The molecule has 1 aromatic rings. The van der Waals surface area contributed by atoms with E-state index >= 15 is 0 Å². The van der Waals surface area contributed by atoms with Gasteiger partial charge in [-0.25, -0.2) is 4.79 Å². The zero-order chi connectivity index (χ0) is 15.2. The SMILES string of the molecule is CCC(CC)(NC(=O)C(C)Oc1ccccc1)C(=O)O. The highest BCUT2D eigenvalue weighted by molar-refractivity contribution is 5.89. The van der Waals surface area contributed by atoms with E-state index in [0.29, 0.717) is 18.6 Å². The highest BCUT2D eigenvalue weighted by Crippen LogP contribution is 2.17. The summed E-state index contributed by atoms with van der Waals surface area (Å²) in [5.74, 6) is -0.883. The van der Waals surface area contributed by atoms with Crippen LogP contribution in [0.4, 0.5) is 0 Å². The van der Waals surface area contributed by atoms with E-state index in [-0.39, 0.29) is 0 Å². The number of aliphatic carboxylic acids is 1. The van der Waals surface area contributed by atoms with Gasteiger partial charge in [-0.2, -0.15) is 0 Å². The van der Waals surface area contributed by atoms with Gasteiger partial charge in [0, 0.05) is 0 Å². The second-order valence-corrected chi connectivity index (χ2v) is 4.66. The van der Waals surface area contributed by atoms with Gasteiger partial charge in [0.25, 0.3) is 5.91 Å². The molecule has 110 valence electrons. The Labute approximate surface area is 118 Å². The highest BCUT2D eigenvalue weighted by Gasteiger charge is 2.37. The Morgan fingerprint density at radius 3 is 2.25 bits per heavy atom. The van der Waals surface area contributed by atoms with Crippen molar-refractivity contribution in [2.24, 2.45) is 0 Å². The minimum atomic E-state index is -1.23. The second-order valence-electron chi connectivity index (χ2n) is 4.66. The third-order valence-electron chi connectivity index (χ3n) is 3.40. The number of hydrogen-bond donors (Lipinski definition) is 2. The van der Waals surface area contributed by atoms with Crippen molar-refractivity contribution in [3.8, 4) is 5.75 Å². The minimum absolute atomic E-state index is 0.322. The van der Waals surface area contributed by atoms with E-state index in [1.807, 2.05) is 6.07 Å². The lowest BCUT2D eigenvalue weighted by molar-refractivity contribution is -0.149. The summed E-state index contributed by atoms with van der Waals surface area (Å²) in [6.07, 6.45) is -0.111. The van der Waals surface area contributed by atoms with Crippen LogP contribution in [-0.4, -0.2) is 28.6 Å². The number of ether oxygens (including phenoxy) is 1. The molecule has 1 rings (SSSR count). The maximum atomic E-state index is 12.1. The molecule has 0 fully saturated rings. The number of carboxylic acid groups (broad SMARTS) is 1. The molecule has 0 spiro atoms. The molecule has 20 heavy (non-hydrogen) atoms. The maximum Gasteiger partial charge on any atom is 0.329 e. The number of amides is 1. The summed E-state index contributed by atoms with van der Waals surface area (Å²) in [5.41, 5.74) is -1.23. The van der Waals surface area contributed by atoms with Crippen LogP contribution in [0.15, 0.2) is 30.3 Å². The molecule has 0 aliphatic heterocycles. The maximum absolute atomic E-state index is 12.1. The van der Waals surface area contributed by atoms with Crippen molar-refractivity contribution in [2.75, 3.05) is 0 Å². The first-order valence-corrected chi connectivity index (χ1v) is 6.72. The predicted octanol–water partition coefficient (Wildman–Crippen LogP) is 2.21. The summed E-state index contributed by atoms with van der Waals surface area (Å²) in [5, 5.41) is 11.9. The van der Waals surface area contributed by atoms with E-state index in [9.17, 15) is 14.7 Å². The van der Waals surface area contributed by atoms with Crippen molar-refractivity contribution in [3.05, 3.63) is 30.3 Å². The summed E-state index contributed by atoms with van der Waals surface area (Å²) in [7, 11) is 0. The van der Waals surface area contributed by atoms with Gasteiger partial charge in [0.05, 0.1) is 0 Å². The fourth-order valence-electron chi connectivity index (χ4n) is 1.88. The number of carbonyl (C=O) groups excluding carboxylic acids is 1. The van der Waals surface area contributed by atoms with Gasteiger partial charge in [-0.05, 0) is 31.9 Å². The lowest BCUT2D eigenvalue weighted by Crippen LogP contribution is -2.56. The van der Waals surface area contributed by atoms with Crippen molar-refractivity contribution >= 4 is 11.9 Å². The van der Waals surface area contributed by atoms with Crippen LogP contribution in [0.5, 0.6) is 5.75 Å². The van der Waals surface area contributed by atoms with E-state index in [0.717, 1.165) is 0 Å². The molecule has 1 aromatic carbocycles. The van der Waals surface area contributed by atoms with Crippen LogP contribution in [0.1, 0.15) is 33.6 Å². The van der Waals surface area contributed by atoms with Crippen molar-refractivity contribution in [3.63, 3.8) is 0 Å². The van der Waals surface area contributed by atoms with Gasteiger partial charge in [0.2, 0.25) is 0 Å². The Bertz CT molecular complexity index is 454. The molecule has 0 saturated carbocycles. The topological polar surface area (TPSA) is 75.6 Å². The molecule has 0 heterocycles. The quantitative estimate of drug-likeness (QED) is 0.802. The van der Waals surface area contributed by atoms with Crippen LogP contribution in [0.25, 0.3) is 0 Å². The molecular weight excluding hydrogens is 258 g/mol. The number of nitrogens with one attached hydrogen (secondary N) is 1. The van der Waals surface area contributed by atoms with E-state index < -0.39 is 23.5 Å². The third-order valence-corrected chi connectivity index (χ3v) is 3.40. The summed E-state index contributed by atoms with van der Waals surface area (Å²) in [6.45, 7) is 5.07. The van der Waals surface area contributed by atoms with E-state index in [1.54, 1.807) is 45.0 Å². The number of hydrogen-bond acceptors (Lipinski definition) is 3. The van der Waals surface area contributed by atoms with E-state index in [1.165, 1.54) is 0 Å². The molecule has 0 aromatic heterocycles. The number of rotatable bonds is 7. The molecule has 5 nitrogen and oxygen atoms in total. The molecular formula is C15H21NO4. The molecule has 2 N–H and O–H groups in total. The standard InChI is InChI=1S/C15H21NO4/c1-4-15(5-2,14(18)19)16-13(17)11(3)20-12-9-7-6-8-10-12/h6-11H,4-5H2,1-3H3,(H,16,17)(H,18,19). The monoisotopic (exact) mass is 279 g/mol. The van der Waals surface area contributed by atoms with Gasteiger partial charge < -0.3 is 15.2 Å². The van der Waals surface area contributed by atoms with Gasteiger partial charge in [-0.15, -0.1) is 0 Å². The summed E-state index contributed by atoms with van der Waals surface area (Å²) in [4.78, 5) is 23.4. The van der Waals surface area contributed by atoms with Gasteiger partial charge >= 0.3 is 5.97 Å². The molecule has 1 atom stereocenters. The number of carbonyl (C=O) groups is 2. The first-order chi connectivity index (χ1) is 9.45. The van der Waals surface area contributed by atoms with Crippen LogP contribution in [0.2, 0.25) is 0 Å². The average molecular weight is 279 g/mol. The molecule has 0 aliphatic carbocycles. The lowest BCUT2D eigenvalue weighted by atomic mass is 9.92. The Balaban J connectivity index is 2.72.